The van der Waals surface area contributed by atoms with Gasteiger partial charge in [-0.05, 0) is 30.7 Å². The minimum Gasteiger partial charge on any atom is -0.507 e. The van der Waals surface area contributed by atoms with Crippen molar-refractivity contribution < 1.29 is 19.2 Å². The summed E-state index contributed by atoms with van der Waals surface area (Å²) < 4.78 is 5.44. The fourth-order valence-electron chi connectivity index (χ4n) is 2.25. The summed E-state index contributed by atoms with van der Waals surface area (Å²) in [5.74, 6) is -0.135. The molecule has 27 heavy (non-hydrogen) atoms. The van der Waals surface area contributed by atoms with Gasteiger partial charge >= 0.3 is 0 Å². The number of aryl methyl sites for hydroxylation is 1. The van der Waals surface area contributed by atoms with E-state index in [9.17, 15) is 20.0 Å². The van der Waals surface area contributed by atoms with E-state index in [2.05, 4.69) is 15.5 Å². The zero-order valence-corrected chi connectivity index (χ0v) is 14.9. The summed E-state index contributed by atoms with van der Waals surface area (Å²) in [7, 11) is 0. The summed E-state index contributed by atoms with van der Waals surface area (Å²) in [5, 5.41) is 31.1. The van der Waals surface area contributed by atoms with Gasteiger partial charge in [0.2, 0.25) is 5.91 Å². The van der Waals surface area contributed by atoms with E-state index in [4.69, 9.17) is 4.42 Å². The molecule has 0 saturated carbocycles. The van der Waals surface area contributed by atoms with Crippen LogP contribution in [-0.4, -0.2) is 31.9 Å². The predicted octanol–water partition coefficient (Wildman–Crippen LogP) is 3.39. The molecule has 0 aliphatic heterocycles. The predicted molar refractivity (Wildman–Crippen MR) is 98.6 cm³/mol. The van der Waals surface area contributed by atoms with Gasteiger partial charge in [0.1, 0.15) is 5.75 Å². The number of thioether (sulfide) groups is 1. The van der Waals surface area contributed by atoms with E-state index in [1.807, 2.05) is 0 Å². The number of phenols is 1. The van der Waals surface area contributed by atoms with Crippen LogP contribution in [0.15, 0.2) is 52.1 Å². The SMILES string of the molecule is Cc1cc([N+](=O)[O-])ccc1NC(=O)CSc1nnc(-c2ccccc2O)o1. The zero-order valence-electron chi connectivity index (χ0n) is 14.1. The van der Waals surface area contributed by atoms with Crippen LogP contribution in [0.3, 0.4) is 0 Å². The molecule has 0 fully saturated rings. The number of para-hydroxylation sites is 1. The molecule has 0 radical (unpaired) electrons. The van der Waals surface area contributed by atoms with E-state index in [0.717, 1.165) is 11.8 Å². The van der Waals surface area contributed by atoms with Crippen molar-refractivity contribution in [2.24, 2.45) is 0 Å². The first kappa shape index (κ1) is 18.4. The van der Waals surface area contributed by atoms with Gasteiger partial charge in [-0.25, -0.2) is 0 Å². The normalized spacial score (nSPS) is 10.6. The van der Waals surface area contributed by atoms with Gasteiger partial charge in [-0.3, -0.25) is 14.9 Å². The molecule has 0 saturated heterocycles. The van der Waals surface area contributed by atoms with E-state index in [0.29, 0.717) is 16.8 Å². The number of hydrogen-bond acceptors (Lipinski definition) is 8. The van der Waals surface area contributed by atoms with Crippen LogP contribution in [0, 0.1) is 17.0 Å². The third kappa shape index (κ3) is 4.42. The molecule has 0 atom stereocenters. The number of hydrogen-bond donors (Lipinski definition) is 2. The molecule has 3 aromatic rings. The van der Waals surface area contributed by atoms with Crippen LogP contribution >= 0.6 is 11.8 Å². The lowest BCUT2D eigenvalue weighted by Crippen LogP contribution is -2.14. The number of aromatic nitrogens is 2. The molecule has 0 spiro atoms. The van der Waals surface area contributed by atoms with Crippen molar-refractivity contribution in [3.8, 4) is 17.2 Å². The Labute approximate surface area is 157 Å². The molecule has 2 aromatic carbocycles. The lowest BCUT2D eigenvalue weighted by Gasteiger charge is -2.07. The molecule has 3 rings (SSSR count). The van der Waals surface area contributed by atoms with Crippen LogP contribution < -0.4 is 5.32 Å². The second-order valence-electron chi connectivity index (χ2n) is 5.48. The maximum atomic E-state index is 12.1. The van der Waals surface area contributed by atoms with Gasteiger partial charge in [-0.2, -0.15) is 0 Å². The monoisotopic (exact) mass is 386 g/mol. The van der Waals surface area contributed by atoms with Gasteiger partial charge in [0.15, 0.2) is 0 Å². The molecule has 9 nitrogen and oxygen atoms in total. The van der Waals surface area contributed by atoms with E-state index in [1.54, 1.807) is 25.1 Å². The second kappa shape index (κ2) is 7.87. The Hall–Kier alpha value is -3.40. The van der Waals surface area contributed by atoms with Crippen molar-refractivity contribution in [3.05, 3.63) is 58.1 Å². The summed E-state index contributed by atoms with van der Waals surface area (Å²) in [6.07, 6.45) is 0. The molecular weight excluding hydrogens is 372 g/mol. The van der Waals surface area contributed by atoms with Gasteiger partial charge < -0.3 is 14.8 Å². The van der Waals surface area contributed by atoms with Crippen molar-refractivity contribution in [1.29, 1.82) is 0 Å². The summed E-state index contributed by atoms with van der Waals surface area (Å²) in [6, 6.07) is 10.7. The molecule has 138 valence electrons. The molecule has 1 aromatic heterocycles. The van der Waals surface area contributed by atoms with Crippen molar-refractivity contribution in [2.75, 3.05) is 11.1 Å². The molecule has 2 N–H and O–H groups in total. The van der Waals surface area contributed by atoms with E-state index in [-0.39, 0.29) is 34.2 Å². The van der Waals surface area contributed by atoms with Crippen molar-refractivity contribution in [3.63, 3.8) is 0 Å². The average molecular weight is 386 g/mol. The fraction of sp³-hybridized carbons (Fsp3) is 0.118. The van der Waals surface area contributed by atoms with Crippen LogP contribution in [0.5, 0.6) is 5.75 Å². The topological polar surface area (TPSA) is 131 Å². The lowest BCUT2D eigenvalue weighted by atomic mass is 10.2. The van der Waals surface area contributed by atoms with E-state index < -0.39 is 4.92 Å². The molecule has 0 bridgehead atoms. The minimum atomic E-state index is -0.494. The molecular formula is C17H14N4O5S. The number of nitrogens with one attached hydrogen (secondary N) is 1. The highest BCUT2D eigenvalue weighted by Crippen LogP contribution is 2.29. The maximum absolute atomic E-state index is 12.1. The molecule has 10 heteroatoms. The van der Waals surface area contributed by atoms with Gasteiger partial charge in [0.05, 0.1) is 16.2 Å². The smallest absolute Gasteiger partial charge is 0.277 e. The summed E-state index contributed by atoms with van der Waals surface area (Å²) in [6.45, 7) is 1.67. The first-order valence-corrected chi connectivity index (χ1v) is 8.72. The first-order valence-electron chi connectivity index (χ1n) is 7.73. The molecule has 0 unspecified atom stereocenters. The van der Waals surface area contributed by atoms with Crippen LogP contribution in [0.25, 0.3) is 11.5 Å². The number of nitrogens with zero attached hydrogens (tertiary/aromatic N) is 3. The van der Waals surface area contributed by atoms with Crippen molar-refractivity contribution in [2.45, 2.75) is 12.1 Å². The van der Waals surface area contributed by atoms with Gasteiger partial charge in [-0.1, -0.05) is 23.9 Å². The van der Waals surface area contributed by atoms with Crippen molar-refractivity contribution >= 4 is 29.0 Å². The number of nitro groups is 1. The molecule has 0 aliphatic carbocycles. The van der Waals surface area contributed by atoms with E-state index >= 15 is 0 Å². The zero-order chi connectivity index (χ0) is 19.4. The Morgan fingerprint density at radius 1 is 1.30 bits per heavy atom. The number of phenolic OH excluding ortho intramolecular Hbond substituents is 1. The number of carbonyl (C=O) groups is 1. The van der Waals surface area contributed by atoms with Gasteiger partial charge in [0, 0.05) is 17.8 Å². The standard InChI is InChI=1S/C17H14N4O5S/c1-10-8-11(21(24)25)6-7-13(10)18-15(23)9-27-17-20-19-16(26-17)12-4-2-3-5-14(12)22/h2-8,22H,9H2,1H3,(H,18,23). The first-order chi connectivity index (χ1) is 12.9. The highest BCUT2D eigenvalue weighted by Gasteiger charge is 2.15. The average Bonchev–Trinajstić information content (AvgIpc) is 3.10. The van der Waals surface area contributed by atoms with Crippen molar-refractivity contribution in [1.82, 2.24) is 10.2 Å². The number of non-ortho nitro benzene ring substituents is 1. The van der Waals surface area contributed by atoms with Crippen LogP contribution in [-0.2, 0) is 4.79 Å². The number of anilines is 1. The molecule has 1 heterocycles. The number of aromatic hydroxyl groups is 1. The quantitative estimate of drug-likeness (QED) is 0.374. The Bertz CT molecular complexity index is 1000. The lowest BCUT2D eigenvalue weighted by molar-refractivity contribution is -0.384. The highest BCUT2D eigenvalue weighted by molar-refractivity contribution is 7.99. The number of amides is 1. The number of benzene rings is 2. The maximum Gasteiger partial charge on any atom is 0.277 e. The Balaban J connectivity index is 1.60. The number of carbonyl (C=O) groups excluding carboxylic acids is 1. The summed E-state index contributed by atoms with van der Waals surface area (Å²) in [4.78, 5) is 22.3. The fourth-order valence-corrected chi connectivity index (χ4v) is 2.81. The Morgan fingerprint density at radius 2 is 2.07 bits per heavy atom. The highest BCUT2D eigenvalue weighted by atomic mass is 32.2. The second-order valence-corrected chi connectivity index (χ2v) is 6.41. The van der Waals surface area contributed by atoms with Gasteiger partial charge in [-0.15, -0.1) is 10.2 Å². The van der Waals surface area contributed by atoms with Crippen LogP contribution in [0.1, 0.15) is 5.56 Å². The van der Waals surface area contributed by atoms with E-state index in [1.165, 1.54) is 24.3 Å². The largest absolute Gasteiger partial charge is 0.507 e. The summed E-state index contributed by atoms with van der Waals surface area (Å²) >= 11 is 1.04. The van der Waals surface area contributed by atoms with Gasteiger partial charge in [0.25, 0.3) is 16.8 Å². The number of nitro benzene ring substituents is 1. The third-order valence-electron chi connectivity index (χ3n) is 3.56. The summed E-state index contributed by atoms with van der Waals surface area (Å²) in [5.41, 5.74) is 1.44. The third-order valence-corrected chi connectivity index (χ3v) is 4.38. The van der Waals surface area contributed by atoms with Crippen LogP contribution in [0.4, 0.5) is 11.4 Å². The number of rotatable bonds is 6. The van der Waals surface area contributed by atoms with Crippen LogP contribution in [0.2, 0.25) is 0 Å². The Morgan fingerprint density at radius 3 is 2.78 bits per heavy atom. The minimum absolute atomic E-state index is 0.0127. The molecule has 0 aliphatic rings. The molecule has 1 amide bonds. The Kier molecular flexibility index (Phi) is 5.36.